The summed E-state index contributed by atoms with van der Waals surface area (Å²) in [6, 6.07) is 6.71. The van der Waals surface area contributed by atoms with Gasteiger partial charge in [-0.2, -0.15) is 0 Å². The third kappa shape index (κ3) is 12.6. The van der Waals surface area contributed by atoms with E-state index >= 15 is 0 Å². The van der Waals surface area contributed by atoms with Gasteiger partial charge in [0.2, 0.25) is 23.8 Å². The predicted octanol–water partition coefficient (Wildman–Crippen LogP) is 0.972. The van der Waals surface area contributed by atoms with Crippen molar-refractivity contribution in [2.24, 2.45) is 0 Å². The van der Waals surface area contributed by atoms with Gasteiger partial charge >= 0.3 is 6.09 Å². The number of benzene rings is 1. The van der Waals surface area contributed by atoms with Gasteiger partial charge in [-0.1, -0.05) is 12.1 Å². The normalized spacial score (nSPS) is 10.6. The molecule has 37 heavy (non-hydrogen) atoms. The van der Waals surface area contributed by atoms with Gasteiger partial charge in [0, 0.05) is 87.8 Å². The van der Waals surface area contributed by atoms with Crippen LogP contribution in [0, 0.1) is 0 Å². The Morgan fingerprint density at radius 3 is 1.43 bits per heavy atom. The van der Waals surface area contributed by atoms with Crippen LogP contribution in [0.1, 0.15) is 32.4 Å². The van der Waals surface area contributed by atoms with Gasteiger partial charge in [0.1, 0.15) is 5.75 Å². The average molecular weight is 524 g/mol. The van der Waals surface area contributed by atoms with E-state index in [0.717, 1.165) is 0 Å². The van der Waals surface area contributed by atoms with Crippen LogP contribution in [0.2, 0.25) is 0 Å². The molecule has 0 saturated heterocycles. The molecule has 1 aromatic carbocycles. The minimum absolute atomic E-state index is 0.0203. The molecule has 1 unspecified atom stereocenters. The molecule has 1 atom stereocenters. The number of rotatable bonds is 10. The highest BCUT2D eigenvalue weighted by atomic mass is 16.6. The van der Waals surface area contributed by atoms with Crippen LogP contribution in [0.4, 0.5) is 4.79 Å². The first-order chi connectivity index (χ1) is 17.2. The molecule has 0 fully saturated rings. The molecule has 12 nitrogen and oxygen atoms in total. The number of nitrogens with one attached hydrogen (secondary N) is 1. The van der Waals surface area contributed by atoms with Gasteiger partial charge in [0.25, 0.3) is 5.91 Å². The van der Waals surface area contributed by atoms with Crippen molar-refractivity contribution in [3.05, 3.63) is 29.8 Å². The number of amides is 5. The number of methoxy groups -OCH3 is 1. The zero-order valence-corrected chi connectivity index (χ0v) is 23.4. The van der Waals surface area contributed by atoms with Crippen LogP contribution in [0.5, 0.6) is 5.75 Å². The van der Waals surface area contributed by atoms with Crippen molar-refractivity contribution >= 4 is 29.7 Å². The van der Waals surface area contributed by atoms with E-state index in [1.807, 2.05) is 0 Å². The topological polar surface area (TPSA) is 129 Å². The largest absolute Gasteiger partial charge is 0.497 e. The lowest BCUT2D eigenvalue weighted by atomic mass is 10.1. The molecule has 1 aromatic rings. The zero-order valence-electron chi connectivity index (χ0n) is 23.4. The Hall–Kier alpha value is -3.83. The highest BCUT2D eigenvalue weighted by molar-refractivity contribution is 5.84. The molecule has 208 valence electrons. The average Bonchev–Trinajstić information content (AvgIpc) is 2.87. The van der Waals surface area contributed by atoms with E-state index in [4.69, 9.17) is 9.47 Å². The van der Waals surface area contributed by atoms with Gasteiger partial charge in [-0.3, -0.25) is 19.2 Å². The standard InChI is InChI=1S/C17H25N3O5.C8H16N2O2/c1-12(21)19(3)10-11-20(4)16(22)15(25-17(23)18-2)13-6-8-14(24-5)9-7-13;1-7(11)9(3)5-6-10(4)8(2)12/h6-9,15H,10-11H2,1-5H3,(H,18,23);5-6H2,1-4H3. The van der Waals surface area contributed by atoms with E-state index in [9.17, 15) is 24.0 Å². The second-order valence-electron chi connectivity index (χ2n) is 8.39. The first kappa shape index (κ1) is 33.2. The molecule has 0 bridgehead atoms. The molecule has 0 aromatic heterocycles. The zero-order chi connectivity index (χ0) is 28.7. The quantitative estimate of drug-likeness (QED) is 0.484. The van der Waals surface area contributed by atoms with E-state index in [-0.39, 0.29) is 23.6 Å². The summed E-state index contributed by atoms with van der Waals surface area (Å²) >= 11 is 0. The Labute approximate surface area is 219 Å². The van der Waals surface area contributed by atoms with Gasteiger partial charge in [-0.25, -0.2) is 4.79 Å². The van der Waals surface area contributed by atoms with Crippen LogP contribution in [0.3, 0.4) is 0 Å². The maximum Gasteiger partial charge on any atom is 0.408 e. The highest BCUT2D eigenvalue weighted by Crippen LogP contribution is 2.23. The molecule has 0 spiro atoms. The summed E-state index contributed by atoms with van der Waals surface area (Å²) in [5, 5.41) is 2.34. The number of hydrogen-bond donors (Lipinski definition) is 1. The van der Waals surface area contributed by atoms with Crippen molar-refractivity contribution in [3.63, 3.8) is 0 Å². The fourth-order valence-electron chi connectivity index (χ4n) is 2.59. The summed E-state index contributed by atoms with van der Waals surface area (Å²) in [5.74, 6) is 0.199. The van der Waals surface area contributed by atoms with Crippen molar-refractivity contribution in [1.82, 2.24) is 24.9 Å². The number of ether oxygens (including phenoxy) is 2. The van der Waals surface area contributed by atoms with Crippen molar-refractivity contribution in [1.29, 1.82) is 0 Å². The van der Waals surface area contributed by atoms with Gasteiger partial charge in [0.05, 0.1) is 7.11 Å². The minimum atomic E-state index is -1.08. The molecular weight excluding hydrogens is 482 g/mol. The fourth-order valence-corrected chi connectivity index (χ4v) is 2.59. The van der Waals surface area contributed by atoms with Crippen molar-refractivity contribution < 1.29 is 33.4 Å². The lowest BCUT2D eigenvalue weighted by molar-refractivity contribution is -0.140. The number of carbonyl (C=O) groups excluding carboxylic acids is 5. The molecule has 1 N–H and O–H groups in total. The fraction of sp³-hybridized carbons (Fsp3) is 0.560. The van der Waals surface area contributed by atoms with E-state index in [1.54, 1.807) is 62.3 Å². The smallest absolute Gasteiger partial charge is 0.408 e. The minimum Gasteiger partial charge on any atom is -0.497 e. The molecule has 0 radical (unpaired) electrons. The van der Waals surface area contributed by atoms with Crippen LogP contribution in [-0.2, 0) is 23.9 Å². The molecule has 5 amide bonds. The van der Waals surface area contributed by atoms with Crippen LogP contribution in [-0.4, -0.2) is 118 Å². The number of likely N-dealkylation sites (N-methyl/N-ethyl adjacent to an activating group) is 4. The van der Waals surface area contributed by atoms with E-state index < -0.39 is 12.2 Å². The lowest BCUT2D eigenvalue weighted by Crippen LogP contribution is -2.40. The summed E-state index contributed by atoms with van der Waals surface area (Å²) in [5.41, 5.74) is 0.529. The van der Waals surface area contributed by atoms with Gasteiger partial charge in [0.15, 0.2) is 0 Å². The first-order valence-electron chi connectivity index (χ1n) is 11.7. The number of alkyl carbamates (subject to hydrolysis) is 1. The van der Waals surface area contributed by atoms with Crippen LogP contribution >= 0.6 is 0 Å². The monoisotopic (exact) mass is 523 g/mol. The van der Waals surface area contributed by atoms with Crippen LogP contribution < -0.4 is 10.1 Å². The third-order valence-electron chi connectivity index (χ3n) is 5.60. The van der Waals surface area contributed by atoms with Crippen LogP contribution in [0.25, 0.3) is 0 Å². The first-order valence-corrected chi connectivity index (χ1v) is 11.7. The molecule has 0 heterocycles. The second-order valence-corrected chi connectivity index (χ2v) is 8.39. The SMILES string of the molecule is CC(=O)N(C)CCN(C)C(C)=O.CNC(=O)OC(C(=O)N(C)CCN(C)C(C)=O)c1ccc(OC)cc1. The molecular formula is C25H41N5O7. The number of nitrogens with zero attached hydrogens (tertiary/aromatic N) is 4. The van der Waals surface area contributed by atoms with Gasteiger partial charge in [-0.05, 0) is 12.1 Å². The summed E-state index contributed by atoms with van der Waals surface area (Å²) in [6.45, 7) is 6.35. The maximum atomic E-state index is 12.7. The Balaban J connectivity index is 0.000000908. The molecule has 12 heteroatoms. The lowest BCUT2D eigenvalue weighted by Gasteiger charge is -2.26. The van der Waals surface area contributed by atoms with E-state index in [1.165, 1.54) is 44.7 Å². The number of hydrogen-bond acceptors (Lipinski definition) is 7. The second kappa shape index (κ2) is 16.8. The highest BCUT2D eigenvalue weighted by Gasteiger charge is 2.28. The number of carbonyl (C=O) groups is 5. The summed E-state index contributed by atoms with van der Waals surface area (Å²) in [7, 11) is 9.65. The molecule has 0 aliphatic rings. The van der Waals surface area contributed by atoms with Crippen molar-refractivity contribution in [3.8, 4) is 5.75 Å². The van der Waals surface area contributed by atoms with Crippen molar-refractivity contribution in [2.75, 3.05) is 68.5 Å². The van der Waals surface area contributed by atoms with Crippen molar-refractivity contribution in [2.45, 2.75) is 26.9 Å². The molecule has 0 aliphatic heterocycles. The third-order valence-corrected chi connectivity index (χ3v) is 5.60. The van der Waals surface area contributed by atoms with Crippen LogP contribution in [0.15, 0.2) is 24.3 Å². The van der Waals surface area contributed by atoms with Gasteiger partial charge in [-0.15, -0.1) is 0 Å². The maximum absolute atomic E-state index is 12.7. The van der Waals surface area contributed by atoms with E-state index in [2.05, 4.69) is 5.32 Å². The summed E-state index contributed by atoms with van der Waals surface area (Å²) in [6.07, 6.45) is -1.79. The Kier molecular flexibility index (Phi) is 15.0. The Morgan fingerprint density at radius 1 is 0.730 bits per heavy atom. The van der Waals surface area contributed by atoms with Gasteiger partial charge < -0.3 is 34.4 Å². The Bertz CT molecular complexity index is 887. The molecule has 0 saturated carbocycles. The predicted molar refractivity (Wildman–Crippen MR) is 139 cm³/mol. The molecule has 1 rings (SSSR count). The summed E-state index contributed by atoms with van der Waals surface area (Å²) < 4.78 is 10.3. The van der Waals surface area contributed by atoms with E-state index in [0.29, 0.717) is 37.5 Å². The summed E-state index contributed by atoms with van der Waals surface area (Å²) in [4.78, 5) is 63.2. The Morgan fingerprint density at radius 2 is 1.11 bits per heavy atom. The molecule has 0 aliphatic carbocycles.